The molecule has 1 aromatic rings. The van der Waals surface area contributed by atoms with Crippen molar-refractivity contribution in [3.8, 4) is 6.07 Å². The van der Waals surface area contributed by atoms with Crippen molar-refractivity contribution in [1.82, 2.24) is 0 Å². The average Bonchev–Trinajstić information content (AvgIpc) is 2.28. The van der Waals surface area contributed by atoms with Crippen LogP contribution < -0.4 is 5.73 Å². The van der Waals surface area contributed by atoms with Crippen LogP contribution in [0.2, 0.25) is 0 Å². The largest absolute Gasteiger partial charge is 0.376 e. The number of hydrogen-bond donors (Lipinski definition) is 1. The molecular formula is C13H16N2O. The standard InChI is InChI=1S/C13H16N2O/c14-10-13(15)6-12(7-13)9-16-8-11-4-2-1-3-5-11/h1-5,12H,6-9,15H2. The maximum Gasteiger partial charge on any atom is 0.104 e. The molecule has 0 atom stereocenters. The fourth-order valence-electron chi connectivity index (χ4n) is 2.10. The zero-order valence-electron chi connectivity index (χ0n) is 9.23. The molecule has 1 saturated carbocycles. The van der Waals surface area contributed by atoms with Gasteiger partial charge in [-0.1, -0.05) is 30.3 Å². The first kappa shape index (κ1) is 11.1. The van der Waals surface area contributed by atoms with Gasteiger partial charge in [-0.05, 0) is 24.3 Å². The van der Waals surface area contributed by atoms with Gasteiger partial charge in [-0.25, -0.2) is 0 Å². The van der Waals surface area contributed by atoms with Crippen LogP contribution in [0.4, 0.5) is 0 Å². The van der Waals surface area contributed by atoms with Crippen molar-refractivity contribution in [3.05, 3.63) is 35.9 Å². The molecule has 1 aliphatic carbocycles. The second-order valence-corrected chi connectivity index (χ2v) is 4.54. The van der Waals surface area contributed by atoms with Crippen molar-refractivity contribution >= 4 is 0 Å². The van der Waals surface area contributed by atoms with Gasteiger partial charge in [0.05, 0.1) is 19.3 Å². The Labute approximate surface area is 95.8 Å². The van der Waals surface area contributed by atoms with Crippen LogP contribution >= 0.6 is 0 Å². The van der Waals surface area contributed by atoms with E-state index in [1.807, 2.05) is 30.3 Å². The smallest absolute Gasteiger partial charge is 0.104 e. The molecule has 3 nitrogen and oxygen atoms in total. The summed E-state index contributed by atoms with van der Waals surface area (Å²) in [5.74, 6) is 0.452. The maximum atomic E-state index is 8.75. The Balaban J connectivity index is 1.66. The lowest BCUT2D eigenvalue weighted by Crippen LogP contribution is -2.51. The fourth-order valence-corrected chi connectivity index (χ4v) is 2.10. The Morgan fingerprint density at radius 2 is 2.06 bits per heavy atom. The molecule has 1 fully saturated rings. The van der Waals surface area contributed by atoms with Gasteiger partial charge in [0.2, 0.25) is 0 Å². The highest BCUT2D eigenvalue weighted by Gasteiger charge is 2.41. The third-order valence-corrected chi connectivity index (χ3v) is 2.99. The van der Waals surface area contributed by atoms with E-state index in [0.29, 0.717) is 19.1 Å². The SMILES string of the molecule is N#CC1(N)CC(COCc2ccccc2)C1. The maximum absolute atomic E-state index is 8.75. The lowest BCUT2D eigenvalue weighted by Gasteiger charge is -2.39. The molecule has 0 aromatic heterocycles. The Morgan fingerprint density at radius 3 is 2.69 bits per heavy atom. The molecule has 16 heavy (non-hydrogen) atoms. The Kier molecular flexibility index (Phi) is 3.23. The van der Waals surface area contributed by atoms with E-state index in [9.17, 15) is 0 Å². The van der Waals surface area contributed by atoms with Gasteiger partial charge < -0.3 is 10.5 Å². The molecule has 84 valence electrons. The first-order chi connectivity index (χ1) is 7.72. The van der Waals surface area contributed by atoms with E-state index in [1.54, 1.807) is 0 Å². The summed E-state index contributed by atoms with van der Waals surface area (Å²) in [6, 6.07) is 12.2. The van der Waals surface area contributed by atoms with Gasteiger partial charge in [0.25, 0.3) is 0 Å². The minimum absolute atomic E-state index is 0.452. The molecule has 1 aromatic carbocycles. The molecule has 0 saturated heterocycles. The number of ether oxygens (including phenoxy) is 1. The quantitative estimate of drug-likeness (QED) is 0.835. The zero-order chi connectivity index (χ0) is 11.4. The third-order valence-electron chi connectivity index (χ3n) is 2.99. The molecular weight excluding hydrogens is 200 g/mol. The topological polar surface area (TPSA) is 59.0 Å². The average molecular weight is 216 g/mol. The van der Waals surface area contributed by atoms with Crippen LogP contribution in [0.5, 0.6) is 0 Å². The lowest BCUT2D eigenvalue weighted by molar-refractivity contribution is 0.0379. The minimum Gasteiger partial charge on any atom is -0.376 e. The van der Waals surface area contributed by atoms with E-state index < -0.39 is 5.54 Å². The number of benzene rings is 1. The van der Waals surface area contributed by atoms with Crippen LogP contribution in [-0.4, -0.2) is 12.1 Å². The highest BCUT2D eigenvalue weighted by atomic mass is 16.5. The van der Waals surface area contributed by atoms with Crippen LogP contribution in [0.15, 0.2) is 30.3 Å². The van der Waals surface area contributed by atoms with Gasteiger partial charge in [0.1, 0.15) is 5.54 Å². The van der Waals surface area contributed by atoms with Crippen LogP contribution in [-0.2, 0) is 11.3 Å². The second-order valence-electron chi connectivity index (χ2n) is 4.54. The first-order valence-electron chi connectivity index (χ1n) is 5.54. The summed E-state index contributed by atoms with van der Waals surface area (Å²) < 4.78 is 5.60. The van der Waals surface area contributed by atoms with Crippen molar-refractivity contribution in [2.75, 3.05) is 6.61 Å². The lowest BCUT2D eigenvalue weighted by atomic mass is 9.70. The molecule has 0 unspecified atom stereocenters. The predicted octanol–water partition coefficient (Wildman–Crippen LogP) is 1.83. The van der Waals surface area contributed by atoms with E-state index in [1.165, 1.54) is 5.56 Å². The molecule has 0 aliphatic heterocycles. The molecule has 2 rings (SSSR count). The molecule has 0 radical (unpaired) electrons. The number of rotatable bonds is 4. The van der Waals surface area contributed by atoms with Gasteiger partial charge in [-0.2, -0.15) is 5.26 Å². The zero-order valence-corrected chi connectivity index (χ0v) is 9.23. The monoisotopic (exact) mass is 216 g/mol. The minimum atomic E-state index is -0.583. The predicted molar refractivity (Wildman–Crippen MR) is 61.4 cm³/mol. The summed E-state index contributed by atoms with van der Waals surface area (Å²) >= 11 is 0. The molecule has 2 N–H and O–H groups in total. The number of nitrogens with two attached hydrogens (primary N) is 1. The summed E-state index contributed by atoms with van der Waals surface area (Å²) in [5, 5.41) is 8.75. The van der Waals surface area contributed by atoms with Crippen molar-refractivity contribution in [2.24, 2.45) is 11.7 Å². The first-order valence-corrected chi connectivity index (χ1v) is 5.54. The molecule has 0 bridgehead atoms. The summed E-state index contributed by atoms with van der Waals surface area (Å²) in [6.45, 7) is 1.34. The Morgan fingerprint density at radius 1 is 1.38 bits per heavy atom. The van der Waals surface area contributed by atoms with Gasteiger partial charge in [-0.3, -0.25) is 0 Å². The normalized spacial score (nSPS) is 28.1. The van der Waals surface area contributed by atoms with E-state index in [2.05, 4.69) is 6.07 Å². The number of hydrogen-bond acceptors (Lipinski definition) is 3. The van der Waals surface area contributed by atoms with Crippen molar-refractivity contribution in [3.63, 3.8) is 0 Å². The number of nitriles is 1. The van der Waals surface area contributed by atoms with Crippen molar-refractivity contribution in [2.45, 2.75) is 25.0 Å². The van der Waals surface area contributed by atoms with Gasteiger partial charge in [0.15, 0.2) is 0 Å². The Hall–Kier alpha value is -1.37. The summed E-state index contributed by atoms with van der Waals surface area (Å²) in [5.41, 5.74) is 6.36. The van der Waals surface area contributed by atoms with Crippen LogP contribution in [0.3, 0.4) is 0 Å². The summed E-state index contributed by atoms with van der Waals surface area (Å²) in [7, 11) is 0. The van der Waals surface area contributed by atoms with E-state index in [4.69, 9.17) is 15.7 Å². The van der Waals surface area contributed by atoms with Gasteiger partial charge in [0, 0.05) is 0 Å². The molecule has 0 spiro atoms. The van der Waals surface area contributed by atoms with Crippen molar-refractivity contribution in [1.29, 1.82) is 5.26 Å². The van der Waals surface area contributed by atoms with Crippen LogP contribution in [0.25, 0.3) is 0 Å². The van der Waals surface area contributed by atoms with Crippen molar-refractivity contribution < 1.29 is 4.74 Å². The number of nitrogens with zero attached hydrogens (tertiary/aromatic N) is 1. The third kappa shape index (κ3) is 2.60. The van der Waals surface area contributed by atoms with E-state index in [0.717, 1.165) is 12.8 Å². The molecule has 0 amide bonds. The molecule has 0 heterocycles. The highest BCUT2D eigenvalue weighted by molar-refractivity contribution is 5.14. The highest BCUT2D eigenvalue weighted by Crippen LogP contribution is 2.35. The van der Waals surface area contributed by atoms with Crippen LogP contribution in [0.1, 0.15) is 18.4 Å². The van der Waals surface area contributed by atoms with Gasteiger partial charge >= 0.3 is 0 Å². The molecule has 3 heteroatoms. The summed E-state index contributed by atoms with van der Waals surface area (Å²) in [6.07, 6.45) is 1.52. The molecule has 1 aliphatic rings. The van der Waals surface area contributed by atoms with Gasteiger partial charge in [-0.15, -0.1) is 0 Å². The fraction of sp³-hybridized carbons (Fsp3) is 0.462. The van der Waals surface area contributed by atoms with E-state index in [-0.39, 0.29) is 0 Å². The Bertz CT molecular complexity index is 377. The summed E-state index contributed by atoms with van der Waals surface area (Å²) in [4.78, 5) is 0. The second kappa shape index (κ2) is 4.65. The van der Waals surface area contributed by atoms with E-state index >= 15 is 0 Å². The van der Waals surface area contributed by atoms with Crippen LogP contribution in [0, 0.1) is 17.2 Å².